The van der Waals surface area contributed by atoms with Gasteiger partial charge in [-0.25, -0.2) is 0 Å². The van der Waals surface area contributed by atoms with Crippen LogP contribution in [-0.2, 0) is 9.59 Å². The molecule has 0 aromatic heterocycles. The van der Waals surface area contributed by atoms with E-state index in [9.17, 15) is 14.7 Å². The molecule has 1 saturated carbocycles. The van der Waals surface area contributed by atoms with Gasteiger partial charge in [-0.2, -0.15) is 11.8 Å². The summed E-state index contributed by atoms with van der Waals surface area (Å²) in [5.74, 6) is -0.369. The van der Waals surface area contributed by atoms with Gasteiger partial charge in [0.25, 0.3) is 0 Å². The smallest absolute Gasteiger partial charge is 0.307 e. The van der Waals surface area contributed by atoms with Crippen molar-refractivity contribution in [1.82, 2.24) is 5.32 Å². The van der Waals surface area contributed by atoms with Crippen molar-refractivity contribution in [1.29, 1.82) is 0 Å². The van der Waals surface area contributed by atoms with Crippen molar-refractivity contribution in [3.05, 3.63) is 0 Å². The lowest BCUT2D eigenvalue weighted by Crippen LogP contribution is -2.40. The van der Waals surface area contributed by atoms with Gasteiger partial charge >= 0.3 is 5.97 Å². The number of amides is 1. The second kappa shape index (κ2) is 7.78. The molecule has 0 aliphatic heterocycles. The molecule has 1 amide bonds. The van der Waals surface area contributed by atoms with E-state index in [-0.39, 0.29) is 17.9 Å². The van der Waals surface area contributed by atoms with Crippen molar-refractivity contribution in [2.75, 3.05) is 12.0 Å². The van der Waals surface area contributed by atoms with Crippen molar-refractivity contribution in [2.24, 2.45) is 17.8 Å². The number of rotatable bonds is 7. The highest BCUT2D eigenvalue weighted by Gasteiger charge is 2.42. The molecule has 0 spiro atoms. The number of carboxylic acid groups (broad SMARTS) is 1. The van der Waals surface area contributed by atoms with Gasteiger partial charge in [-0.15, -0.1) is 0 Å². The first-order chi connectivity index (χ1) is 8.99. The monoisotopic (exact) mass is 287 g/mol. The highest BCUT2D eigenvalue weighted by atomic mass is 32.2. The molecular weight excluding hydrogens is 262 g/mol. The van der Waals surface area contributed by atoms with Gasteiger partial charge in [0.05, 0.1) is 11.8 Å². The molecule has 2 N–H and O–H groups in total. The molecule has 5 heteroatoms. The van der Waals surface area contributed by atoms with Crippen LogP contribution in [0.4, 0.5) is 0 Å². The third kappa shape index (κ3) is 4.71. The normalized spacial score (nSPS) is 28.1. The van der Waals surface area contributed by atoms with Gasteiger partial charge in [0, 0.05) is 6.04 Å². The Balaban J connectivity index is 2.56. The Morgan fingerprint density at radius 2 is 2.00 bits per heavy atom. The first-order valence-electron chi connectivity index (χ1n) is 7.01. The molecule has 0 heterocycles. The van der Waals surface area contributed by atoms with E-state index in [4.69, 9.17) is 0 Å². The summed E-state index contributed by atoms with van der Waals surface area (Å²) in [6.45, 7) is 4.04. The zero-order valence-corrected chi connectivity index (χ0v) is 12.8. The Morgan fingerprint density at radius 1 is 1.37 bits per heavy atom. The number of aliphatic carboxylic acids is 1. The average Bonchev–Trinajstić information content (AvgIpc) is 2.80. The van der Waals surface area contributed by atoms with Crippen LogP contribution < -0.4 is 5.32 Å². The summed E-state index contributed by atoms with van der Waals surface area (Å²) in [6.07, 6.45) is 5.28. The molecule has 0 aromatic carbocycles. The molecule has 0 radical (unpaired) electrons. The van der Waals surface area contributed by atoms with Crippen LogP contribution >= 0.6 is 11.8 Å². The van der Waals surface area contributed by atoms with E-state index in [0.717, 1.165) is 18.6 Å². The van der Waals surface area contributed by atoms with Crippen molar-refractivity contribution in [3.63, 3.8) is 0 Å². The highest BCUT2D eigenvalue weighted by Crippen LogP contribution is 2.38. The summed E-state index contributed by atoms with van der Waals surface area (Å²) in [7, 11) is 0. The van der Waals surface area contributed by atoms with Crippen molar-refractivity contribution in [3.8, 4) is 0 Å². The highest BCUT2D eigenvalue weighted by molar-refractivity contribution is 7.98. The van der Waals surface area contributed by atoms with Gasteiger partial charge in [0.2, 0.25) is 5.91 Å². The fourth-order valence-electron chi connectivity index (χ4n) is 2.76. The van der Waals surface area contributed by atoms with Crippen LogP contribution in [0.1, 0.15) is 39.5 Å². The van der Waals surface area contributed by atoms with Gasteiger partial charge in [-0.3, -0.25) is 9.59 Å². The lowest BCUT2D eigenvalue weighted by molar-refractivity contribution is -0.146. The summed E-state index contributed by atoms with van der Waals surface area (Å²) < 4.78 is 0. The zero-order chi connectivity index (χ0) is 14.4. The van der Waals surface area contributed by atoms with Gasteiger partial charge in [0.1, 0.15) is 0 Å². The first kappa shape index (κ1) is 16.3. The number of carbonyl (C=O) groups is 2. The number of thioether (sulfide) groups is 1. The van der Waals surface area contributed by atoms with Crippen LogP contribution in [0.2, 0.25) is 0 Å². The van der Waals surface area contributed by atoms with Crippen LogP contribution in [0, 0.1) is 17.8 Å². The number of hydrogen-bond acceptors (Lipinski definition) is 3. The molecule has 0 saturated heterocycles. The summed E-state index contributed by atoms with van der Waals surface area (Å²) in [4.78, 5) is 23.5. The van der Waals surface area contributed by atoms with Gasteiger partial charge in [0.15, 0.2) is 0 Å². The van der Waals surface area contributed by atoms with Crippen LogP contribution in [-0.4, -0.2) is 35.0 Å². The standard InChI is InChI=1S/C14H25NO3S/c1-4-10-7-11(12(8-10)14(17)18)13(16)15-9(2)5-6-19-3/h9-12H,4-8H2,1-3H3,(H,15,16)(H,17,18). The fraction of sp³-hybridized carbons (Fsp3) is 0.857. The second-order valence-electron chi connectivity index (χ2n) is 5.49. The molecule has 1 rings (SSSR count). The fourth-order valence-corrected chi connectivity index (χ4v) is 3.34. The lowest BCUT2D eigenvalue weighted by atomic mass is 9.95. The molecule has 1 aliphatic rings. The zero-order valence-electron chi connectivity index (χ0n) is 12.0. The predicted molar refractivity (Wildman–Crippen MR) is 78.2 cm³/mol. The Kier molecular flexibility index (Phi) is 6.69. The predicted octanol–water partition coefficient (Wildman–Crippen LogP) is 2.38. The Hall–Kier alpha value is -0.710. The molecule has 19 heavy (non-hydrogen) atoms. The topological polar surface area (TPSA) is 66.4 Å². The van der Waals surface area contributed by atoms with Gasteiger partial charge < -0.3 is 10.4 Å². The van der Waals surface area contributed by atoms with Crippen molar-refractivity contribution < 1.29 is 14.7 Å². The minimum Gasteiger partial charge on any atom is -0.481 e. The van der Waals surface area contributed by atoms with E-state index in [1.807, 2.05) is 13.2 Å². The van der Waals surface area contributed by atoms with Gasteiger partial charge in [-0.1, -0.05) is 13.3 Å². The molecular formula is C14H25NO3S. The molecule has 0 bridgehead atoms. The van der Waals surface area contributed by atoms with Crippen LogP contribution in [0.3, 0.4) is 0 Å². The molecule has 4 unspecified atom stereocenters. The van der Waals surface area contributed by atoms with Crippen molar-refractivity contribution >= 4 is 23.6 Å². The average molecular weight is 287 g/mol. The lowest BCUT2D eigenvalue weighted by Gasteiger charge is -2.19. The number of nitrogens with one attached hydrogen (secondary N) is 1. The Morgan fingerprint density at radius 3 is 2.53 bits per heavy atom. The maximum Gasteiger partial charge on any atom is 0.307 e. The largest absolute Gasteiger partial charge is 0.481 e. The van der Waals surface area contributed by atoms with E-state index in [0.29, 0.717) is 18.8 Å². The summed E-state index contributed by atoms with van der Waals surface area (Å²) in [6, 6.07) is 0.120. The van der Waals surface area contributed by atoms with E-state index in [2.05, 4.69) is 12.2 Å². The quantitative estimate of drug-likeness (QED) is 0.754. The maximum absolute atomic E-state index is 12.2. The van der Waals surface area contributed by atoms with E-state index in [1.165, 1.54) is 0 Å². The number of hydrogen-bond donors (Lipinski definition) is 2. The van der Waals surface area contributed by atoms with E-state index in [1.54, 1.807) is 11.8 Å². The molecule has 1 fully saturated rings. The molecule has 4 nitrogen and oxygen atoms in total. The Labute approximate surface area is 119 Å². The SMILES string of the molecule is CCC1CC(C(=O)O)C(C(=O)NC(C)CCSC)C1. The van der Waals surface area contributed by atoms with Gasteiger partial charge in [-0.05, 0) is 44.1 Å². The maximum atomic E-state index is 12.2. The summed E-state index contributed by atoms with van der Waals surface area (Å²) in [5, 5.41) is 12.2. The third-order valence-corrected chi connectivity index (χ3v) is 4.68. The molecule has 4 atom stereocenters. The minimum atomic E-state index is -0.826. The second-order valence-corrected chi connectivity index (χ2v) is 6.47. The Bertz CT molecular complexity index is 322. The molecule has 1 aliphatic carbocycles. The van der Waals surface area contributed by atoms with E-state index < -0.39 is 11.9 Å². The minimum absolute atomic E-state index is 0.0723. The van der Waals surface area contributed by atoms with E-state index >= 15 is 0 Å². The molecule has 0 aromatic rings. The summed E-state index contributed by atoms with van der Waals surface area (Å²) in [5.41, 5.74) is 0. The summed E-state index contributed by atoms with van der Waals surface area (Å²) >= 11 is 1.75. The van der Waals surface area contributed by atoms with Crippen LogP contribution in [0.5, 0.6) is 0 Å². The third-order valence-electron chi connectivity index (χ3n) is 4.04. The van der Waals surface area contributed by atoms with Crippen LogP contribution in [0.25, 0.3) is 0 Å². The van der Waals surface area contributed by atoms with Crippen LogP contribution in [0.15, 0.2) is 0 Å². The first-order valence-corrected chi connectivity index (χ1v) is 8.41. The molecule has 110 valence electrons. The number of carboxylic acids is 1. The number of carbonyl (C=O) groups excluding carboxylic acids is 1. The van der Waals surface area contributed by atoms with Crippen molar-refractivity contribution in [2.45, 2.75) is 45.6 Å².